The minimum absolute atomic E-state index is 0.423. The second-order valence-electron chi connectivity index (χ2n) is 0.908. The molecule has 2 unspecified atom stereocenters. The number of hydrogen-bond donors (Lipinski definition) is 2. The first-order chi connectivity index (χ1) is 2.64. The van der Waals surface area contributed by atoms with Crippen molar-refractivity contribution in [1.29, 1.82) is 9.56 Å². The number of rotatable bonds is 1. The molecule has 2 nitrogen and oxygen atoms in total. The second-order valence-corrected chi connectivity index (χ2v) is 5.72. The summed E-state index contributed by atoms with van der Waals surface area (Å²) in [7, 11) is -0.846. The van der Waals surface area contributed by atoms with Crippen molar-refractivity contribution in [2.75, 3.05) is 12.5 Å². The van der Waals surface area contributed by atoms with Crippen LogP contribution >= 0.6 is 0 Å². The van der Waals surface area contributed by atoms with Gasteiger partial charge in [-0.2, -0.15) is 0 Å². The lowest BCUT2D eigenvalue weighted by atomic mass is 12.0. The summed E-state index contributed by atoms with van der Waals surface area (Å²) in [6, 6.07) is 0. The molecule has 0 aliphatic rings. The molecule has 4 heteroatoms. The molecule has 0 bridgehead atoms. The van der Waals surface area contributed by atoms with Crippen LogP contribution in [-0.2, 0) is 19.4 Å². The molecule has 0 aromatic heterocycles. The van der Waals surface area contributed by atoms with E-state index >= 15 is 0 Å². The van der Waals surface area contributed by atoms with Gasteiger partial charge in [-0.1, -0.05) is 0 Å². The lowest BCUT2D eigenvalue weighted by molar-refractivity contribution is 1.63. The van der Waals surface area contributed by atoms with Crippen molar-refractivity contribution < 1.29 is 0 Å². The third-order valence-electron chi connectivity index (χ3n) is 0.375. The average Bonchev–Trinajstić information content (AvgIpc) is 1.36. The van der Waals surface area contributed by atoms with Crippen LogP contribution in [0, 0.1) is 9.56 Å². The van der Waals surface area contributed by atoms with E-state index in [2.05, 4.69) is 0 Å². The Morgan fingerprint density at radius 1 is 1.00 bits per heavy atom. The normalized spacial score (nSPS) is 19.7. The Labute approximate surface area is 42.1 Å². The molecular formula is C2H8N2S2. The number of nitrogens with one attached hydrogen (secondary N) is 2. The van der Waals surface area contributed by atoms with Crippen molar-refractivity contribution in [3.63, 3.8) is 0 Å². The average molecular weight is 124 g/mol. The Kier molecular flexibility index (Phi) is 2.59. The molecule has 0 amide bonds. The van der Waals surface area contributed by atoms with E-state index in [-0.39, 0.29) is 0 Å². The quantitative estimate of drug-likeness (QED) is 0.488. The Morgan fingerprint density at radius 2 is 1.17 bits per heavy atom. The summed E-state index contributed by atoms with van der Waals surface area (Å²) in [6.45, 7) is 0. The molecule has 38 valence electrons. The molecule has 0 fully saturated rings. The van der Waals surface area contributed by atoms with Crippen LogP contribution in [0.2, 0.25) is 0 Å². The molecule has 0 aliphatic heterocycles. The molecule has 2 N–H and O–H groups in total. The van der Waals surface area contributed by atoms with Crippen LogP contribution in [0.1, 0.15) is 0 Å². The third-order valence-corrected chi connectivity index (χ3v) is 3.37. The molecule has 2 atom stereocenters. The van der Waals surface area contributed by atoms with Gasteiger partial charge in [0.25, 0.3) is 0 Å². The van der Waals surface area contributed by atoms with Crippen LogP contribution in [0.3, 0.4) is 0 Å². The predicted octanol–water partition coefficient (Wildman–Crippen LogP) is 0.922. The molecule has 0 aromatic carbocycles. The zero-order valence-electron chi connectivity index (χ0n) is 3.82. The maximum atomic E-state index is 6.89. The lowest BCUT2D eigenvalue weighted by Crippen LogP contribution is -1.86. The highest BCUT2D eigenvalue weighted by Gasteiger charge is 1.77. The molecule has 0 heterocycles. The Morgan fingerprint density at radius 3 is 1.17 bits per heavy atom. The van der Waals surface area contributed by atoms with Crippen molar-refractivity contribution in [3.8, 4) is 0 Å². The molecule has 0 radical (unpaired) electrons. The van der Waals surface area contributed by atoms with E-state index in [9.17, 15) is 0 Å². The van der Waals surface area contributed by atoms with Gasteiger partial charge in [0.05, 0.1) is 0 Å². The van der Waals surface area contributed by atoms with Crippen LogP contribution in [-0.4, -0.2) is 12.5 Å². The zero-order chi connectivity index (χ0) is 5.15. The highest BCUT2D eigenvalue weighted by Crippen LogP contribution is 1.79. The van der Waals surface area contributed by atoms with Gasteiger partial charge in [0, 0.05) is 12.5 Å². The lowest BCUT2D eigenvalue weighted by Gasteiger charge is -1.88. The topological polar surface area (TPSA) is 47.7 Å². The fraction of sp³-hybridized carbons (Fsp3) is 1.00. The SMILES string of the molecule is CS(=N)S(C)=N. The smallest absolute Gasteiger partial charge is 0.00305 e. The highest BCUT2D eigenvalue weighted by atomic mass is 33.1. The van der Waals surface area contributed by atoms with Crippen molar-refractivity contribution in [2.45, 2.75) is 0 Å². The third kappa shape index (κ3) is 2.53. The van der Waals surface area contributed by atoms with Crippen LogP contribution in [0.15, 0.2) is 0 Å². The summed E-state index contributed by atoms with van der Waals surface area (Å²) in [5, 5.41) is 0. The fourth-order valence-corrected chi connectivity index (χ4v) is 0. The molecule has 0 spiro atoms. The first-order valence-corrected chi connectivity index (χ1v) is 5.17. The molecule has 0 rings (SSSR count). The maximum absolute atomic E-state index is 6.89. The van der Waals surface area contributed by atoms with E-state index in [0.29, 0.717) is 0 Å². The van der Waals surface area contributed by atoms with Gasteiger partial charge in [-0.15, -0.1) is 0 Å². The first-order valence-electron chi connectivity index (χ1n) is 1.39. The van der Waals surface area contributed by atoms with E-state index in [1.165, 1.54) is 0 Å². The van der Waals surface area contributed by atoms with Crippen LogP contribution in [0.5, 0.6) is 0 Å². The molecule has 0 aromatic rings. The van der Waals surface area contributed by atoms with Crippen molar-refractivity contribution in [3.05, 3.63) is 0 Å². The predicted molar refractivity (Wildman–Crippen MR) is 32.0 cm³/mol. The summed E-state index contributed by atoms with van der Waals surface area (Å²) in [5.74, 6) is 0. The maximum Gasteiger partial charge on any atom is 0.00305 e. The van der Waals surface area contributed by atoms with Gasteiger partial charge in [-0.25, -0.2) is 0 Å². The van der Waals surface area contributed by atoms with E-state index in [1.54, 1.807) is 12.5 Å². The minimum Gasteiger partial charge on any atom is -0.269 e. The molecule has 0 aliphatic carbocycles. The van der Waals surface area contributed by atoms with Crippen molar-refractivity contribution >= 4 is 19.4 Å². The summed E-state index contributed by atoms with van der Waals surface area (Å²) >= 11 is 0. The molecule has 0 saturated heterocycles. The Hall–Kier alpha value is 0.300. The van der Waals surface area contributed by atoms with E-state index < -0.39 is 19.4 Å². The zero-order valence-corrected chi connectivity index (χ0v) is 5.45. The van der Waals surface area contributed by atoms with Crippen molar-refractivity contribution in [1.82, 2.24) is 0 Å². The monoisotopic (exact) mass is 124 g/mol. The number of hydrogen-bond acceptors (Lipinski definition) is 2. The van der Waals surface area contributed by atoms with Crippen molar-refractivity contribution in [2.24, 2.45) is 0 Å². The Bertz CT molecular complexity index is 75.5. The van der Waals surface area contributed by atoms with E-state index in [0.717, 1.165) is 0 Å². The van der Waals surface area contributed by atoms with Crippen LogP contribution in [0.25, 0.3) is 0 Å². The minimum atomic E-state index is -0.423. The van der Waals surface area contributed by atoms with E-state index in [1.807, 2.05) is 0 Å². The summed E-state index contributed by atoms with van der Waals surface area (Å²) in [6.07, 6.45) is 3.52. The second kappa shape index (κ2) is 2.47. The van der Waals surface area contributed by atoms with Crippen LogP contribution < -0.4 is 0 Å². The van der Waals surface area contributed by atoms with Gasteiger partial charge >= 0.3 is 0 Å². The van der Waals surface area contributed by atoms with E-state index in [4.69, 9.17) is 9.56 Å². The van der Waals surface area contributed by atoms with Gasteiger partial charge in [0.2, 0.25) is 0 Å². The summed E-state index contributed by atoms with van der Waals surface area (Å²) in [4.78, 5) is 0. The summed E-state index contributed by atoms with van der Waals surface area (Å²) < 4.78 is 13.8. The molecule has 6 heavy (non-hydrogen) atoms. The first kappa shape index (κ1) is 6.30. The highest BCUT2D eigenvalue weighted by molar-refractivity contribution is 8.61. The van der Waals surface area contributed by atoms with Gasteiger partial charge in [-0.05, 0) is 19.4 Å². The van der Waals surface area contributed by atoms with Crippen LogP contribution in [0.4, 0.5) is 0 Å². The largest absolute Gasteiger partial charge is 0.269 e. The molecular weight excluding hydrogens is 116 g/mol. The fourth-order valence-electron chi connectivity index (χ4n) is 0. The van der Waals surface area contributed by atoms with Gasteiger partial charge < -0.3 is 0 Å². The molecule has 0 saturated carbocycles. The van der Waals surface area contributed by atoms with Gasteiger partial charge in [-0.3, -0.25) is 9.56 Å². The van der Waals surface area contributed by atoms with Gasteiger partial charge in [0.15, 0.2) is 0 Å². The summed E-state index contributed by atoms with van der Waals surface area (Å²) in [5.41, 5.74) is 0. The van der Waals surface area contributed by atoms with Gasteiger partial charge in [0.1, 0.15) is 0 Å². The standard InChI is InChI=1S/C2H8N2S2/c1-5(3)6(2)4/h3-4H,1-2H3. The Balaban J connectivity index is 3.57.